The van der Waals surface area contributed by atoms with Crippen molar-refractivity contribution in [3.05, 3.63) is 65.2 Å². The minimum Gasteiger partial charge on any atom is -0.496 e. The van der Waals surface area contributed by atoms with Crippen LogP contribution in [0.1, 0.15) is 29.0 Å². The largest absolute Gasteiger partial charge is 0.496 e. The molecule has 0 bridgehead atoms. The first-order chi connectivity index (χ1) is 13.4. The fourth-order valence-electron chi connectivity index (χ4n) is 5.07. The fourth-order valence-corrected chi connectivity index (χ4v) is 5.69. The first-order valence-corrected chi connectivity index (χ1v) is 11.5. The van der Waals surface area contributed by atoms with Gasteiger partial charge in [0.25, 0.3) is 10.1 Å². The van der Waals surface area contributed by atoms with E-state index in [9.17, 15) is 8.42 Å². The Hall–Kier alpha value is -1.89. The SMILES string of the molecule is COc1cccc2c1CCC1C2C(OS(C)(=O)=O)N(C)C1Cc1ccccc1. The predicted octanol–water partition coefficient (Wildman–Crippen LogP) is 3.20. The molecule has 1 aliphatic carbocycles. The summed E-state index contributed by atoms with van der Waals surface area (Å²) in [5.41, 5.74) is 3.60. The second-order valence-corrected chi connectivity index (χ2v) is 9.47. The highest BCUT2D eigenvalue weighted by Crippen LogP contribution is 2.51. The van der Waals surface area contributed by atoms with Gasteiger partial charge in [0.1, 0.15) is 12.0 Å². The number of likely N-dealkylation sites (tertiary alicyclic amines) is 1. The Kier molecular flexibility index (Phi) is 5.21. The van der Waals surface area contributed by atoms with E-state index in [2.05, 4.69) is 23.1 Å². The Morgan fingerprint density at radius 1 is 1.11 bits per heavy atom. The minimum atomic E-state index is -3.58. The van der Waals surface area contributed by atoms with Crippen molar-refractivity contribution in [3.63, 3.8) is 0 Å². The van der Waals surface area contributed by atoms with Crippen LogP contribution in [-0.4, -0.2) is 46.0 Å². The number of likely N-dealkylation sites (N-methyl/N-ethyl adjacent to an activating group) is 1. The van der Waals surface area contributed by atoms with Crippen molar-refractivity contribution in [2.45, 2.75) is 37.5 Å². The van der Waals surface area contributed by atoms with Crippen LogP contribution in [0.25, 0.3) is 0 Å². The topological polar surface area (TPSA) is 55.8 Å². The van der Waals surface area contributed by atoms with Gasteiger partial charge in [-0.2, -0.15) is 8.42 Å². The maximum Gasteiger partial charge on any atom is 0.265 e. The Labute approximate surface area is 167 Å². The van der Waals surface area contributed by atoms with Crippen molar-refractivity contribution in [2.24, 2.45) is 5.92 Å². The molecular formula is C22H27NO4S. The summed E-state index contributed by atoms with van der Waals surface area (Å²) in [7, 11) is 0.0950. The summed E-state index contributed by atoms with van der Waals surface area (Å²) in [5, 5.41) is 0. The van der Waals surface area contributed by atoms with E-state index in [1.807, 2.05) is 37.4 Å². The summed E-state index contributed by atoms with van der Waals surface area (Å²) in [6, 6.07) is 16.7. The lowest BCUT2D eigenvalue weighted by Gasteiger charge is -2.32. The van der Waals surface area contributed by atoms with Crippen LogP contribution in [-0.2, 0) is 27.1 Å². The van der Waals surface area contributed by atoms with E-state index >= 15 is 0 Å². The number of benzene rings is 2. The van der Waals surface area contributed by atoms with Gasteiger partial charge in [0, 0.05) is 12.0 Å². The number of fused-ring (bicyclic) bond motifs is 3. The number of hydrogen-bond donors (Lipinski definition) is 0. The second-order valence-electron chi connectivity index (χ2n) is 7.87. The molecule has 1 heterocycles. The summed E-state index contributed by atoms with van der Waals surface area (Å²) in [6.07, 6.45) is 3.44. The van der Waals surface area contributed by atoms with Gasteiger partial charge in [0.2, 0.25) is 0 Å². The first kappa shape index (κ1) is 19.4. The molecule has 2 aromatic carbocycles. The van der Waals surface area contributed by atoms with E-state index in [-0.39, 0.29) is 12.0 Å². The zero-order valence-electron chi connectivity index (χ0n) is 16.5. The molecule has 2 aliphatic rings. The molecule has 0 spiro atoms. The fraction of sp³-hybridized carbons (Fsp3) is 0.455. The van der Waals surface area contributed by atoms with E-state index in [0.717, 1.165) is 36.8 Å². The third-order valence-corrected chi connectivity index (χ3v) is 6.77. The Morgan fingerprint density at radius 2 is 1.86 bits per heavy atom. The van der Waals surface area contributed by atoms with Crippen molar-refractivity contribution < 1.29 is 17.3 Å². The lowest BCUT2D eigenvalue weighted by molar-refractivity contribution is 0.0563. The van der Waals surface area contributed by atoms with Gasteiger partial charge >= 0.3 is 0 Å². The zero-order valence-corrected chi connectivity index (χ0v) is 17.4. The summed E-state index contributed by atoms with van der Waals surface area (Å²) in [6.45, 7) is 0. The lowest BCUT2D eigenvalue weighted by Crippen LogP contribution is -2.38. The van der Waals surface area contributed by atoms with Gasteiger partial charge in [-0.15, -0.1) is 0 Å². The van der Waals surface area contributed by atoms with Crippen LogP contribution < -0.4 is 4.74 Å². The molecular weight excluding hydrogens is 374 g/mol. The highest BCUT2D eigenvalue weighted by molar-refractivity contribution is 7.86. The molecule has 28 heavy (non-hydrogen) atoms. The number of ether oxygens (including phenoxy) is 1. The van der Waals surface area contributed by atoms with Gasteiger partial charge in [-0.3, -0.25) is 9.08 Å². The van der Waals surface area contributed by atoms with Crippen LogP contribution in [0.2, 0.25) is 0 Å². The van der Waals surface area contributed by atoms with E-state index in [1.165, 1.54) is 11.1 Å². The molecule has 2 aromatic rings. The quantitative estimate of drug-likeness (QED) is 0.720. The van der Waals surface area contributed by atoms with Crippen LogP contribution in [0.3, 0.4) is 0 Å². The molecule has 4 atom stereocenters. The van der Waals surface area contributed by atoms with Crippen LogP contribution in [0.15, 0.2) is 48.5 Å². The van der Waals surface area contributed by atoms with Gasteiger partial charge in [-0.1, -0.05) is 42.5 Å². The Bertz CT molecular complexity index is 944. The lowest BCUT2D eigenvalue weighted by atomic mass is 9.73. The maximum atomic E-state index is 12.0. The molecule has 5 nitrogen and oxygen atoms in total. The molecule has 4 rings (SSSR count). The third-order valence-electron chi connectivity index (χ3n) is 6.22. The maximum absolute atomic E-state index is 12.0. The number of hydrogen-bond acceptors (Lipinski definition) is 5. The van der Waals surface area contributed by atoms with Crippen LogP contribution in [0, 0.1) is 5.92 Å². The van der Waals surface area contributed by atoms with Crippen molar-refractivity contribution in [2.75, 3.05) is 20.4 Å². The molecule has 1 aliphatic heterocycles. The molecule has 0 saturated carbocycles. The molecule has 6 heteroatoms. The third kappa shape index (κ3) is 3.56. The highest BCUT2D eigenvalue weighted by atomic mass is 32.2. The van der Waals surface area contributed by atoms with E-state index < -0.39 is 16.3 Å². The molecule has 150 valence electrons. The van der Waals surface area contributed by atoms with E-state index in [0.29, 0.717) is 5.92 Å². The van der Waals surface area contributed by atoms with Gasteiger partial charge in [-0.25, -0.2) is 0 Å². The van der Waals surface area contributed by atoms with Gasteiger partial charge in [-0.05, 0) is 55.0 Å². The van der Waals surface area contributed by atoms with Crippen LogP contribution in [0.5, 0.6) is 5.75 Å². The van der Waals surface area contributed by atoms with Crippen molar-refractivity contribution in [3.8, 4) is 5.75 Å². The normalized spacial score (nSPS) is 27.2. The van der Waals surface area contributed by atoms with E-state index in [4.69, 9.17) is 8.92 Å². The summed E-state index contributed by atoms with van der Waals surface area (Å²) < 4.78 is 35.3. The van der Waals surface area contributed by atoms with E-state index in [1.54, 1.807) is 7.11 Å². The molecule has 0 N–H and O–H groups in total. The predicted molar refractivity (Wildman–Crippen MR) is 109 cm³/mol. The van der Waals surface area contributed by atoms with Crippen molar-refractivity contribution >= 4 is 10.1 Å². The molecule has 1 fully saturated rings. The molecule has 0 aromatic heterocycles. The number of methoxy groups -OCH3 is 1. The number of rotatable bonds is 5. The Balaban J connectivity index is 1.75. The van der Waals surface area contributed by atoms with Crippen LogP contribution in [0.4, 0.5) is 0 Å². The molecule has 4 unspecified atom stereocenters. The molecule has 1 saturated heterocycles. The minimum absolute atomic E-state index is 0.00675. The summed E-state index contributed by atoms with van der Waals surface area (Å²) >= 11 is 0. The smallest absolute Gasteiger partial charge is 0.265 e. The van der Waals surface area contributed by atoms with Gasteiger partial charge in [0.15, 0.2) is 0 Å². The molecule has 0 radical (unpaired) electrons. The van der Waals surface area contributed by atoms with Crippen LogP contribution >= 0.6 is 0 Å². The Morgan fingerprint density at radius 3 is 2.54 bits per heavy atom. The first-order valence-electron chi connectivity index (χ1n) is 9.69. The van der Waals surface area contributed by atoms with Crippen molar-refractivity contribution in [1.29, 1.82) is 0 Å². The highest BCUT2D eigenvalue weighted by Gasteiger charge is 2.51. The van der Waals surface area contributed by atoms with Gasteiger partial charge in [0.05, 0.1) is 13.4 Å². The molecule has 0 amide bonds. The zero-order chi connectivity index (χ0) is 19.9. The summed E-state index contributed by atoms with van der Waals surface area (Å²) in [5.74, 6) is 1.21. The average Bonchev–Trinajstić information content (AvgIpc) is 2.93. The standard InChI is InChI=1S/C22H27NO4S/c1-23-19(14-15-8-5-4-6-9-15)18-13-12-16-17(10-7-11-20(16)26-2)21(18)22(23)27-28(3,24)25/h4-11,18-19,21-22H,12-14H2,1-3H3. The number of nitrogens with zero attached hydrogens (tertiary/aromatic N) is 1. The van der Waals surface area contributed by atoms with Gasteiger partial charge < -0.3 is 4.74 Å². The second kappa shape index (κ2) is 7.50. The monoisotopic (exact) mass is 401 g/mol. The average molecular weight is 402 g/mol. The summed E-state index contributed by atoms with van der Waals surface area (Å²) in [4.78, 5) is 2.12. The van der Waals surface area contributed by atoms with Crippen molar-refractivity contribution in [1.82, 2.24) is 4.90 Å².